The van der Waals surface area contributed by atoms with Crippen LogP contribution in [-0.4, -0.2) is 0 Å². The van der Waals surface area contributed by atoms with E-state index in [4.69, 9.17) is 11.6 Å². The molecule has 106 valence electrons. The van der Waals surface area contributed by atoms with Gasteiger partial charge in [-0.25, -0.2) is 0 Å². The van der Waals surface area contributed by atoms with Gasteiger partial charge in [0.1, 0.15) is 0 Å². The molecule has 2 heteroatoms. The average Bonchev–Trinajstić information content (AvgIpc) is 2.48. The molecule has 1 atom stereocenters. The molecule has 20 heavy (non-hydrogen) atoms. The van der Waals surface area contributed by atoms with Crippen LogP contribution in [0.3, 0.4) is 0 Å². The van der Waals surface area contributed by atoms with Crippen molar-refractivity contribution in [2.75, 3.05) is 0 Å². The molecule has 0 aliphatic rings. The van der Waals surface area contributed by atoms with E-state index in [0.717, 1.165) is 11.4 Å². The molecule has 2 rings (SSSR count). The third-order valence-corrected chi connectivity index (χ3v) is 4.59. The van der Waals surface area contributed by atoms with E-state index in [1.165, 1.54) is 36.0 Å². The van der Waals surface area contributed by atoms with Gasteiger partial charge in [0.05, 0.1) is 0 Å². The maximum atomic E-state index is 5.91. The van der Waals surface area contributed by atoms with Crippen molar-refractivity contribution in [3.63, 3.8) is 0 Å². The molecule has 2 aromatic rings. The Hall–Kier alpha value is -0.790. The smallest absolute Gasteiger partial charge is 0.0435 e. The Morgan fingerprint density at radius 3 is 2.15 bits per heavy atom. The lowest BCUT2D eigenvalue weighted by Crippen LogP contribution is -1.96. The van der Waals surface area contributed by atoms with Crippen molar-refractivity contribution < 1.29 is 0 Å². The lowest BCUT2D eigenvalue weighted by Gasteiger charge is -2.11. The first-order chi connectivity index (χ1) is 9.69. The minimum Gasteiger partial charge on any atom is -0.0843 e. The summed E-state index contributed by atoms with van der Waals surface area (Å²) < 4.78 is 0. The fraction of sp³-hybridized carbons (Fsp3) is 0.333. The molecule has 0 radical (unpaired) electrons. The molecular weight excluding hydrogens is 332 g/mol. The highest BCUT2D eigenvalue weighted by molar-refractivity contribution is 9.09. The minimum atomic E-state index is 0.351. The van der Waals surface area contributed by atoms with Crippen molar-refractivity contribution in [3.05, 3.63) is 70.2 Å². The lowest BCUT2D eigenvalue weighted by atomic mass is 10.0. The van der Waals surface area contributed by atoms with Crippen LogP contribution in [-0.2, 0) is 12.8 Å². The summed E-state index contributed by atoms with van der Waals surface area (Å²) in [4.78, 5) is 0.351. The maximum Gasteiger partial charge on any atom is 0.0435 e. The first kappa shape index (κ1) is 15.6. The van der Waals surface area contributed by atoms with E-state index < -0.39 is 0 Å². The number of rotatable bonds is 6. The second-order valence-corrected chi connectivity index (χ2v) is 6.69. The topological polar surface area (TPSA) is 0 Å². The maximum absolute atomic E-state index is 5.91. The molecule has 0 fully saturated rings. The zero-order chi connectivity index (χ0) is 14.4. The fourth-order valence-electron chi connectivity index (χ4n) is 2.22. The summed E-state index contributed by atoms with van der Waals surface area (Å²) in [5.74, 6) is 0. The van der Waals surface area contributed by atoms with Crippen molar-refractivity contribution >= 4 is 27.5 Å². The zero-order valence-corrected chi connectivity index (χ0v) is 14.1. The largest absolute Gasteiger partial charge is 0.0843 e. The SMILES string of the molecule is CCCCc1ccc(C(Br)Cc2ccc(Cl)cc2)cc1. The number of unbranched alkanes of at least 4 members (excludes halogenated alkanes) is 1. The Kier molecular flexibility index (Phi) is 6.12. The number of halogens is 2. The highest BCUT2D eigenvalue weighted by Crippen LogP contribution is 2.28. The third kappa shape index (κ3) is 4.64. The fourth-order valence-corrected chi connectivity index (χ4v) is 3.02. The number of aryl methyl sites for hydroxylation is 1. The van der Waals surface area contributed by atoms with Gasteiger partial charge >= 0.3 is 0 Å². The molecule has 0 bridgehead atoms. The molecule has 0 aliphatic carbocycles. The van der Waals surface area contributed by atoms with Crippen LogP contribution in [0.25, 0.3) is 0 Å². The van der Waals surface area contributed by atoms with Gasteiger partial charge in [-0.3, -0.25) is 0 Å². The lowest BCUT2D eigenvalue weighted by molar-refractivity contribution is 0.794. The van der Waals surface area contributed by atoms with E-state index >= 15 is 0 Å². The highest BCUT2D eigenvalue weighted by Gasteiger charge is 2.08. The number of hydrogen-bond donors (Lipinski definition) is 0. The molecule has 0 amide bonds. The van der Waals surface area contributed by atoms with E-state index in [1.54, 1.807) is 0 Å². The number of benzene rings is 2. The third-order valence-electron chi connectivity index (χ3n) is 3.49. The van der Waals surface area contributed by atoms with Gasteiger partial charge in [0.15, 0.2) is 0 Å². The minimum absolute atomic E-state index is 0.351. The van der Waals surface area contributed by atoms with Crippen LogP contribution in [0.4, 0.5) is 0 Å². The van der Waals surface area contributed by atoms with E-state index in [9.17, 15) is 0 Å². The Morgan fingerprint density at radius 1 is 0.950 bits per heavy atom. The number of alkyl halides is 1. The molecule has 0 aliphatic heterocycles. The summed E-state index contributed by atoms with van der Waals surface area (Å²) in [6.07, 6.45) is 4.67. The van der Waals surface area contributed by atoms with Gasteiger partial charge in [-0.1, -0.05) is 77.3 Å². The highest BCUT2D eigenvalue weighted by atomic mass is 79.9. The van der Waals surface area contributed by atoms with Crippen molar-refractivity contribution in [1.29, 1.82) is 0 Å². The van der Waals surface area contributed by atoms with Crippen LogP contribution in [0.15, 0.2) is 48.5 Å². The molecule has 0 heterocycles. The normalized spacial score (nSPS) is 12.3. The van der Waals surface area contributed by atoms with Crippen molar-refractivity contribution in [3.8, 4) is 0 Å². The van der Waals surface area contributed by atoms with Crippen LogP contribution < -0.4 is 0 Å². The zero-order valence-electron chi connectivity index (χ0n) is 11.8. The van der Waals surface area contributed by atoms with Crippen molar-refractivity contribution in [1.82, 2.24) is 0 Å². The second-order valence-electron chi connectivity index (χ2n) is 5.14. The van der Waals surface area contributed by atoms with Gasteiger partial charge in [0, 0.05) is 9.85 Å². The van der Waals surface area contributed by atoms with Crippen LogP contribution >= 0.6 is 27.5 Å². The second kappa shape index (κ2) is 7.85. The summed E-state index contributed by atoms with van der Waals surface area (Å²) >= 11 is 9.70. The predicted octanol–water partition coefficient (Wildman–Crippen LogP) is 6.36. The van der Waals surface area contributed by atoms with Gasteiger partial charge in [-0.15, -0.1) is 0 Å². The van der Waals surface area contributed by atoms with Crippen molar-refractivity contribution in [2.24, 2.45) is 0 Å². The van der Waals surface area contributed by atoms with Gasteiger partial charge in [0.2, 0.25) is 0 Å². The quantitative estimate of drug-likeness (QED) is 0.531. The molecule has 1 unspecified atom stereocenters. The van der Waals surface area contributed by atoms with E-state index in [2.05, 4.69) is 59.3 Å². The van der Waals surface area contributed by atoms with E-state index in [0.29, 0.717) is 4.83 Å². The monoisotopic (exact) mass is 350 g/mol. The Labute approximate surface area is 135 Å². The van der Waals surface area contributed by atoms with Crippen LogP contribution in [0.1, 0.15) is 41.3 Å². The van der Waals surface area contributed by atoms with Crippen molar-refractivity contribution in [2.45, 2.75) is 37.4 Å². The first-order valence-corrected chi connectivity index (χ1v) is 8.45. The summed E-state index contributed by atoms with van der Waals surface area (Å²) in [5.41, 5.74) is 4.06. The molecular formula is C18H20BrCl. The Balaban J connectivity index is 1.98. The molecule has 0 nitrogen and oxygen atoms in total. The van der Waals surface area contributed by atoms with Crippen LogP contribution in [0, 0.1) is 0 Å². The Morgan fingerprint density at radius 2 is 1.55 bits per heavy atom. The predicted molar refractivity (Wildman–Crippen MR) is 91.9 cm³/mol. The molecule has 0 N–H and O–H groups in total. The van der Waals surface area contributed by atoms with Gasteiger partial charge in [0.25, 0.3) is 0 Å². The first-order valence-electron chi connectivity index (χ1n) is 7.16. The summed E-state index contributed by atoms with van der Waals surface area (Å²) in [5, 5.41) is 0.792. The standard InChI is InChI=1S/C18H20BrCl/c1-2-3-4-14-5-9-16(10-6-14)18(19)13-15-7-11-17(20)12-8-15/h5-12,18H,2-4,13H2,1H3. The average molecular weight is 352 g/mol. The van der Waals surface area contributed by atoms with Gasteiger partial charge in [-0.2, -0.15) is 0 Å². The summed E-state index contributed by atoms with van der Waals surface area (Å²) in [6, 6.07) is 17.1. The molecule has 0 aromatic heterocycles. The molecule has 0 saturated heterocycles. The number of hydrogen-bond acceptors (Lipinski definition) is 0. The van der Waals surface area contributed by atoms with Gasteiger partial charge in [-0.05, 0) is 48.1 Å². The molecule has 0 saturated carbocycles. The summed E-state index contributed by atoms with van der Waals surface area (Å²) in [6.45, 7) is 2.23. The molecule has 2 aromatic carbocycles. The van der Waals surface area contributed by atoms with E-state index in [1.807, 2.05) is 12.1 Å². The molecule has 0 spiro atoms. The Bertz CT molecular complexity index is 516. The summed E-state index contributed by atoms with van der Waals surface area (Å²) in [7, 11) is 0. The van der Waals surface area contributed by atoms with Crippen LogP contribution in [0.5, 0.6) is 0 Å². The van der Waals surface area contributed by atoms with Crippen LogP contribution in [0.2, 0.25) is 5.02 Å². The van der Waals surface area contributed by atoms with E-state index in [-0.39, 0.29) is 0 Å². The van der Waals surface area contributed by atoms with Gasteiger partial charge < -0.3 is 0 Å².